The smallest absolute Gasteiger partial charge is 0.123 e. The lowest BCUT2D eigenvalue weighted by atomic mass is 10.0. The average molecular weight is 293 g/mol. The fraction of sp³-hybridized carbons (Fsp3) is 0.250. The Labute approximate surface area is 122 Å². The van der Waals surface area contributed by atoms with Crippen molar-refractivity contribution >= 4 is 11.8 Å². The van der Waals surface area contributed by atoms with Crippen LogP contribution >= 0.6 is 11.8 Å². The average Bonchev–Trinajstić information content (AvgIpc) is 2.42. The summed E-state index contributed by atoms with van der Waals surface area (Å²) in [6.45, 7) is 1.95. The summed E-state index contributed by atoms with van der Waals surface area (Å²) in [5, 5.41) is 0. The summed E-state index contributed by atoms with van der Waals surface area (Å²) < 4.78 is 26.0. The molecule has 0 aromatic heterocycles. The van der Waals surface area contributed by atoms with Gasteiger partial charge in [0.15, 0.2) is 0 Å². The van der Waals surface area contributed by atoms with Crippen molar-refractivity contribution < 1.29 is 8.78 Å². The summed E-state index contributed by atoms with van der Waals surface area (Å²) >= 11 is 1.58. The van der Waals surface area contributed by atoms with E-state index in [9.17, 15) is 8.78 Å². The Morgan fingerprint density at radius 1 is 1.05 bits per heavy atom. The Balaban J connectivity index is 1.90. The van der Waals surface area contributed by atoms with E-state index in [4.69, 9.17) is 5.73 Å². The van der Waals surface area contributed by atoms with E-state index in [1.165, 1.54) is 24.3 Å². The molecule has 0 bridgehead atoms. The number of hydrogen-bond donors (Lipinski definition) is 1. The lowest BCUT2D eigenvalue weighted by Gasteiger charge is -2.13. The number of aryl methyl sites for hydroxylation is 1. The van der Waals surface area contributed by atoms with Crippen LogP contribution in [-0.2, 0) is 6.42 Å². The topological polar surface area (TPSA) is 26.0 Å². The van der Waals surface area contributed by atoms with E-state index >= 15 is 0 Å². The molecule has 0 aliphatic rings. The normalized spacial score (nSPS) is 12.4. The Morgan fingerprint density at radius 3 is 2.40 bits per heavy atom. The summed E-state index contributed by atoms with van der Waals surface area (Å²) in [5.74, 6) is 0.236. The van der Waals surface area contributed by atoms with Crippen molar-refractivity contribution in [1.82, 2.24) is 0 Å². The predicted octanol–water partition coefficient (Wildman–Crippen LogP) is 3.94. The minimum Gasteiger partial charge on any atom is -0.327 e. The van der Waals surface area contributed by atoms with Gasteiger partial charge in [0.2, 0.25) is 0 Å². The molecule has 0 amide bonds. The van der Waals surface area contributed by atoms with Crippen molar-refractivity contribution in [3.8, 4) is 0 Å². The molecule has 0 heterocycles. The summed E-state index contributed by atoms with van der Waals surface area (Å²) in [7, 11) is 0. The zero-order valence-corrected chi connectivity index (χ0v) is 12.1. The number of rotatable bonds is 5. The molecule has 2 aromatic carbocycles. The first-order valence-corrected chi connectivity index (χ1v) is 7.42. The van der Waals surface area contributed by atoms with E-state index < -0.39 is 0 Å². The highest BCUT2D eigenvalue weighted by atomic mass is 32.2. The van der Waals surface area contributed by atoms with Gasteiger partial charge in [0.1, 0.15) is 11.6 Å². The lowest BCUT2D eigenvalue weighted by molar-refractivity contribution is 0.622. The monoisotopic (exact) mass is 293 g/mol. The molecule has 0 aliphatic heterocycles. The zero-order chi connectivity index (χ0) is 14.5. The third-order valence-corrected chi connectivity index (χ3v) is 4.27. The van der Waals surface area contributed by atoms with E-state index in [1.807, 2.05) is 6.92 Å². The fourth-order valence-electron chi connectivity index (χ4n) is 1.94. The highest BCUT2D eigenvalue weighted by molar-refractivity contribution is 7.99. The van der Waals surface area contributed by atoms with Crippen LogP contribution in [0.1, 0.15) is 11.1 Å². The highest BCUT2D eigenvalue weighted by Gasteiger charge is 2.08. The van der Waals surface area contributed by atoms with Crippen LogP contribution in [0.2, 0.25) is 0 Å². The second kappa shape index (κ2) is 6.86. The lowest BCUT2D eigenvalue weighted by Crippen LogP contribution is -2.26. The Hall–Kier alpha value is -1.39. The summed E-state index contributed by atoms with van der Waals surface area (Å²) in [4.78, 5) is 0.984. The van der Waals surface area contributed by atoms with E-state index in [0.29, 0.717) is 12.2 Å². The maximum atomic E-state index is 13.2. The molecule has 1 unspecified atom stereocenters. The van der Waals surface area contributed by atoms with Crippen LogP contribution in [0.25, 0.3) is 0 Å². The number of hydrogen-bond acceptors (Lipinski definition) is 2. The van der Waals surface area contributed by atoms with Gasteiger partial charge in [0.05, 0.1) is 0 Å². The third-order valence-electron chi connectivity index (χ3n) is 3.07. The van der Waals surface area contributed by atoms with Crippen LogP contribution in [0.3, 0.4) is 0 Å². The largest absolute Gasteiger partial charge is 0.327 e. The second-order valence-corrected chi connectivity index (χ2v) is 5.89. The van der Waals surface area contributed by atoms with Crippen molar-refractivity contribution in [3.05, 3.63) is 65.2 Å². The Bertz CT molecular complexity index is 569. The Morgan fingerprint density at radius 2 is 1.70 bits per heavy atom. The molecule has 20 heavy (non-hydrogen) atoms. The summed E-state index contributed by atoms with van der Waals surface area (Å²) in [6, 6.07) is 11.0. The number of halogens is 2. The summed E-state index contributed by atoms with van der Waals surface area (Å²) in [6.07, 6.45) is 0.637. The van der Waals surface area contributed by atoms with Gasteiger partial charge in [-0.1, -0.05) is 6.07 Å². The van der Waals surface area contributed by atoms with Crippen LogP contribution in [-0.4, -0.2) is 11.8 Å². The molecular weight excluding hydrogens is 276 g/mol. The maximum Gasteiger partial charge on any atom is 0.123 e. The van der Waals surface area contributed by atoms with Crippen molar-refractivity contribution in [2.24, 2.45) is 5.73 Å². The molecule has 4 heteroatoms. The number of benzene rings is 2. The van der Waals surface area contributed by atoms with Crippen LogP contribution in [0.5, 0.6) is 0 Å². The molecule has 0 radical (unpaired) electrons. The highest BCUT2D eigenvalue weighted by Crippen LogP contribution is 2.20. The van der Waals surface area contributed by atoms with Gasteiger partial charge in [0.25, 0.3) is 0 Å². The maximum absolute atomic E-state index is 13.2. The minimum atomic E-state index is -0.242. The Kier molecular flexibility index (Phi) is 5.15. The molecule has 0 fully saturated rings. The van der Waals surface area contributed by atoms with E-state index in [1.54, 1.807) is 30.0 Å². The first-order chi connectivity index (χ1) is 9.54. The fourth-order valence-corrected chi connectivity index (χ4v) is 2.79. The quantitative estimate of drug-likeness (QED) is 0.845. The van der Waals surface area contributed by atoms with Gasteiger partial charge in [0, 0.05) is 16.7 Å². The minimum absolute atomic E-state index is 0.0643. The number of thioether (sulfide) groups is 1. The van der Waals surface area contributed by atoms with Crippen LogP contribution in [0, 0.1) is 18.6 Å². The van der Waals surface area contributed by atoms with E-state index in [0.717, 1.165) is 16.0 Å². The number of nitrogens with two attached hydrogens (primary N) is 1. The SMILES string of the molecule is Cc1ccc(F)cc1CC(N)CSc1ccc(F)cc1. The molecule has 0 saturated carbocycles. The third kappa shape index (κ3) is 4.32. The van der Waals surface area contributed by atoms with Gasteiger partial charge >= 0.3 is 0 Å². The van der Waals surface area contributed by atoms with Crippen LogP contribution in [0.4, 0.5) is 8.78 Å². The predicted molar refractivity (Wildman–Crippen MR) is 79.9 cm³/mol. The molecule has 1 nitrogen and oxygen atoms in total. The molecule has 2 aromatic rings. The van der Waals surface area contributed by atoms with Crippen molar-refractivity contribution in [3.63, 3.8) is 0 Å². The molecule has 106 valence electrons. The molecule has 2 N–H and O–H groups in total. The summed E-state index contributed by atoms with van der Waals surface area (Å²) in [5.41, 5.74) is 8.08. The van der Waals surface area contributed by atoms with Gasteiger partial charge in [-0.3, -0.25) is 0 Å². The standard InChI is InChI=1S/C16H17F2NS/c1-11-2-3-14(18)8-12(11)9-15(19)10-20-16-6-4-13(17)5-7-16/h2-8,15H,9-10,19H2,1H3. The van der Waals surface area contributed by atoms with Crippen LogP contribution < -0.4 is 5.73 Å². The molecule has 0 spiro atoms. The molecule has 1 atom stereocenters. The van der Waals surface area contributed by atoms with E-state index in [2.05, 4.69) is 0 Å². The first-order valence-electron chi connectivity index (χ1n) is 6.43. The second-order valence-electron chi connectivity index (χ2n) is 4.80. The van der Waals surface area contributed by atoms with E-state index in [-0.39, 0.29) is 17.7 Å². The zero-order valence-electron chi connectivity index (χ0n) is 11.3. The van der Waals surface area contributed by atoms with Crippen molar-refractivity contribution in [2.45, 2.75) is 24.3 Å². The molecular formula is C16H17F2NS. The van der Waals surface area contributed by atoms with Crippen molar-refractivity contribution in [2.75, 3.05) is 5.75 Å². The van der Waals surface area contributed by atoms with Gasteiger partial charge < -0.3 is 5.73 Å². The van der Waals surface area contributed by atoms with Crippen LogP contribution in [0.15, 0.2) is 47.4 Å². The molecule has 0 saturated heterocycles. The van der Waals surface area contributed by atoms with Crippen molar-refractivity contribution in [1.29, 1.82) is 0 Å². The first kappa shape index (κ1) is 15.0. The molecule has 0 aliphatic carbocycles. The van der Waals surface area contributed by atoms with Gasteiger partial charge in [-0.15, -0.1) is 11.8 Å². The van der Waals surface area contributed by atoms with Gasteiger partial charge in [-0.2, -0.15) is 0 Å². The molecule has 2 rings (SSSR count). The van der Waals surface area contributed by atoms with Gasteiger partial charge in [-0.25, -0.2) is 8.78 Å². The van der Waals surface area contributed by atoms with Gasteiger partial charge in [-0.05, 0) is 60.9 Å².